The first kappa shape index (κ1) is 12.5. The molecule has 0 radical (unpaired) electrons. The fourth-order valence-corrected chi connectivity index (χ4v) is 1.67. The maximum absolute atomic E-state index is 12.2. The van der Waals surface area contributed by atoms with Gasteiger partial charge in [-0.05, 0) is 29.4 Å². The molecule has 0 saturated heterocycles. The van der Waals surface area contributed by atoms with Crippen molar-refractivity contribution in [3.63, 3.8) is 0 Å². The van der Waals surface area contributed by atoms with E-state index in [0.29, 0.717) is 22.4 Å². The average molecular weight is 260 g/mol. The van der Waals surface area contributed by atoms with Crippen LogP contribution >= 0.6 is 0 Å². The second-order valence-corrected chi connectivity index (χ2v) is 4.03. The fourth-order valence-electron chi connectivity index (χ4n) is 1.67. The molecule has 0 amide bonds. The van der Waals surface area contributed by atoms with Crippen molar-refractivity contribution in [1.82, 2.24) is 10.3 Å². The van der Waals surface area contributed by atoms with Gasteiger partial charge in [0.2, 0.25) is 0 Å². The van der Waals surface area contributed by atoms with Gasteiger partial charge in [-0.2, -0.15) is 13.2 Å². The van der Waals surface area contributed by atoms with Gasteiger partial charge in [-0.1, -0.05) is 0 Å². The van der Waals surface area contributed by atoms with Crippen molar-refractivity contribution in [2.45, 2.75) is 25.6 Å². The van der Waals surface area contributed by atoms with Crippen molar-refractivity contribution < 1.29 is 17.8 Å². The molecule has 2 aromatic rings. The normalized spacial score (nSPS) is 13.8. The van der Waals surface area contributed by atoms with E-state index in [4.69, 9.17) is 5.73 Å². The third-order valence-corrected chi connectivity index (χ3v) is 2.39. The first-order valence-corrected chi connectivity index (χ1v) is 5.21. The van der Waals surface area contributed by atoms with Gasteiger partial charge >= 0.3 is 6.18 Å². The Labute approximate surface area is 100 Å². The van der Waals surface area contributed by atoms with E-state index >= 15 is 0 Å². The summed E-state index contributed by atoms with van der Waals surface area (Å²) in [5, 5.41) is 9.92. The van der Waals surface area contributed by atoms with Crippen molar-refractivity contribution >= 4 is 22.4 Å². The standard InChI is InChI=1S/C10H11F3N4O/c1-5(4-10(11,12)13)15-7-3-2-6(14)8-9(7)17-18-16-8/h2-3,5,15H,4,14H2,1H3. The van der Waals surface area contributed by atoms with Crippen molar-refractivity contribution in [1.29, 1.82) is 0 Å². The molecule has 2 rings (SSSR count). The van der Waals surface area contributed by atoms with Crippen LogP contribution in [0.2, 0.25) is 0 Å². The minimum atomic E-state index is -4.22. The molecule has 98 valence electrons. The number of halogens is 3. The summed E-state index contributed by atoms with van der Waals surface area (Å²) in [5.74, 6) is 0. The van der Waals surface area contributed by atoms with Crippen LogP contribution in [0.25, 0.3) is 11.0 Å². The average Bonchev–Trinajstić information content (AvgIpc) is 2.69. The highest BCUT2D eigenvalue weighted by atomic mass is 19.4. The Morgan fingerprint density at radius 3 is 2.67 bits per heavy atom. The zero-order valence-electron chi connectivity index (χ0n) is 9.45. The van der Waals surface area contributed by atoms with Gasteiger partial charge in [-0.25, -0.2) is 4.63 Å². The quantitative estimate of drug-likeness (QED) is 0.829. The minimum absolute atomic E-state index is 0.323. The number of fused-ring (bicyclic) bond motifs is 1. The van der Waals surface area contributed by atoms with E-state index in [-0.39, 0.29) is 0 Å². The number of anilines is 2. The van der Waals surface area contributed by atoms with E-state index in [1.54, 1.807) is 6.07 Å². The van der Waals surface area contributed by atoms with Gasteiger partial charge in [0.15, 0.2) is 11.0 Å². The summed E-state index contributed by atoms with van der Waals surface area (Å²) in [6, 6.07) is 2.30. The van der Waals surface area contributed by atoms with Gasteiger partial charge in [-0.3, -0.25) is 0 Å². The zero-order chi connectivity index (χ0) is 13.3. The third-order valence-electron chi connectivity index (χ3n) is 2.39. The molecule has 0 aliphatic rings. The van der Waals surface area contributed by atoms with Crippen molar-refractivity contribution in [2.24, 2.45) is 0 Å². The van der Waals surface area contributed by atoms with E-state index in [0.717, 1.165) is 0 Å². The zero-order valence-corrected chi connectivity index (χ0v) is 9.45. The van der Waals surface area contributed by atoms with E-state index < -0.39 is 18.6 Å². The summed E-state index contributed by atoms with van der Waals surface area (Å²) < 4.78 is 41.2. The lowest BCUT2D eigenvalue weighted by atomic mass is 10.2. The van der Waals surface area contributed by atoms with Gasteiger partial charge in [0.1, 0.15) is 0 Å². The molecule has 0 aliphatic carbocycles. The largest absolute Gasteiger partial charge is 0.397 e. The number of hydrogen-bond donors (Lipinski definition) is 2. The lowest BCUT2D eigenvalue weighted by Crippen LogP contribution is -2.24. The first-order chi connectivity index (χ1) is 8.37. The summed E-state index contributed by atoms with van der Waals surface area (Å²) >= 11 is 0. The van der Waals surface area contributed by atoms with Crippen LogP contribution in [0.3, 0.4) is 0 Å². The predicted octanol–water partition coefficient (Wildman–Crippen LogP) is 2.56. The van der Waals surface area contributed by atoms with Crippen LogP contribution < -0.4 is 11.1 Å². The van der Waals surface area contributed by atoms with Gasteiger partial charge in [0, 0.05) is 6.04 Å². The number of hydrogen-bond acceptors (Lipinski definition) is 5. The summed E-state index contributed by atoms with van der Waals surface area (Å²) in [6.07, 6.45) is -5.16. The molecule has 0 bridgehead atoms. The maximum Gasteiger partial charge on any atom is 0.391 e. The van der Waals surface area contributed by atoms with E-state index in [9.17, 15) is 13.2 Å². The molecule has 0 spiro atoms. The Morgan fingerprint density at radius 1 is 1.33 bits per heavy atom. The molecule has 0 aliphatic heterocycles. The van der Waals surface area contributed by atoms with E-state index in [2.05, 4.69) is 20.3 Å². The lowest BCUT2D eigenvalue weighted by Gasteiger charge is -2.17. The molecule has 1 atom stereocenters. The number of aromatic nitrogens is 2. The summed E-state index contributed by atoms with van der Waals surface area (Å²) in [5.41, 5.74) is 7.06. The van der Waals surface area contributed by atoms with Crippen LogP contribution in [0.4, 0.5) is 24.5 Å². The van der Waals surface area contributed by atoms with Crippen LogP contribution in [-0.2, 0) is 0 Å². The number of rotatable bonds is 3. The van der Waals surface area contributed by atoms with Gasteiger partial charge < -0.3 is 11.1 Å². The molecular formula is C10H11F3N4O. The molecular weight excluding hydrogens is 249 g/mol. The maximum atomic E-state index is 12.2. The van der Waals surface area contributed by atoms with Crippen LogP contribution in [0.15, 0.2) is 16.8 Å². The van der Waals surface area contributed by atoms with Gasteiger partial charge in [0.05, 0.1) is 17.8 Å². The minimum Gasteiger partial charge on any atom is -0.397 e. The highest BCUT2D eigenvalue weighted by molar-refractivity contribution is 5.94. The molecule has 1 aromatic carbocycles. The van der Waals surface area contributed by atoms with Crippen molar-refractivity contribution in [3.8, 4) is 0 Å². The lowest BCUT2D eigenvalue weighted by molar-refractivity contribution is -0.136. The van der Waals surface area contributed by atoms with Gasteiger partial charge in [-0.15, -0.1) is 0 Å². The highest BCUT2D eigenvalue weighted by Gasteiger charge is 2.30. The molecule has 18 heavy (non-hydrogen) atoms. The molecule has 5 nitrogen and oxygen atoms in total. The Morgan fingerprint density at radius 2 is 2.00 bits per heavy atom. The van der Waals surface area contributed by atoms with E-state index in [1.807, 2.05) is 0 Å². The van der Waals surface area contributed by atoms with Crippen LogP contribution in [0.5, 0.6) is 0 Å². The number of benzene rings is 1. The Kier molecular flexibility index (Phi) is 3.02. The highest BCUT2D eigenvalue weighted by Crippen LogP contribution is 2.28. The molecule has 0 saturated carbocycles. The number of nitrogens with two attached hydrogens (primary N) is 1. The van der Waals surface area contributed by atoms with Crippen LogP contribution in [0.1, 0.15) is 13.3 Å². The number of nitrogen functional groups attached to an aromatic ring is 1. The van der Waals surface area contributed by atoms with Gasteiger partial charge in [0.25, 0.3) is 0 Å². The van der Waals surface area contributed by atoms with Crippen LogP contribution in [-0.4, -0.2) is 22.5 Å². The van der Waals surface area contributed by atoms with E-state index in [1.165, 1.54) is 13.0 Å². The second kappa shape index (κ2) is 4.35. The summed E-state index contributed by atoms with van der Waals surface area (Å²) in [4.78, 5) is 0. The molecule has 3 N–H and O–H groups in total. The number of alkyl halides is 3. The monoisotopic (exact) mass is 260 g/mol. The third kappa shape index (κ3) is 2.63. The molecule has 1 unspecified atom stereocenters. The second-order valence-electron chi connectivity index (χ2n) is 4.03. The van der Waals surface area contributed by atoms with Crippen LogP contribution in [0, 0.1) is 0 Å². The Hall–Kier alpha value is -1.99. The van der Waals surface area contributed by atoms with Crippen molar-refractivity contribution in [3.05, 3.63) is 12.1 Å². The summed E-state index contributed by atoms with van der Waals surface area (Å²) in [7, 11) is 0. The Balaban J connectivity index is 2.22. The predicted molar refractivity (Wildman–Crippen MR) is 60.0 cm³/mol. The molecule has 8 heteroatoms. The fraction of sp³-hybridized carbons (Fsp3) is 0.400. The molecule has 0 fully saturated rings. The number of nitrogens with one attached hydrogen (secondary N) is 1. The topological polar surface area (TPSA) is 77.0 Å². The first-order valence-electron chi connectivity index (χ1n) is 5.21. The molecule has 1 aromatic heterocycles. The molecule has 1 heterocycles. The summed E-state index contributed by atoms with van der Waals surface area (Å²) in [6.45, 7) is 1.43. The number of nitrogens with zero attached hydrogens (tertiary/aromatic N) is 2. The SMILES string of the molecule is CC(CC(F)(F)F)Nc1ccc(N)c2nonc12. The smallest absolute Gasteiger partial charge is 0.391 e. The van der Waals surface area contributed by atoms with Crippen molar-refractivity contribution in [2.75, 3.05) is 11.1 Å². The Bertz CT molecular complexity index is 552.